The molecule has 0 saturated heterocycles. The van der Waals surface area contributed by atoms with E-state index < -0.39 is 0 Å². The number of methoxy groups -OCH3 is 1. The van der Waals surface area contributed by atoms with Crippen LogP contribution in [0.4, 0.5) is 11.5 Å². The molecule has 2 aromatic rings. The third kappa shape index (κ3) is 3.95. The van der Waals surface area contributed by atoms with Gasteiger partial charge in [0, 0.05) is 32.4 Å². The zero-order valence-electron chi connectivity index (χ0n) is 18.1. The van der Waals surface area contributed by atoms with Crippen LogP contribution in [0.2, 0.25) is 0 Å². The Balaban J connectivity index is 0.00000256. The summed E-state index contributed by atoms with van der Waals surface area (Å²) >= 11 is 0. The van der Waals surface area contributed by atoms with Crippen LogP contribution in [-0.2, 0) is 11.3 Å². The topological polar surface area (TPSA) is 80.5 Å². The number of ether oxygens (including phenoxy) is 1. The van der Waals surface area contributed by atoms with Crippen molar-refractivity contribution in [3.8, 4) is 5.75 Å². The Morgan fingerprint density at radius 2 is 2.17 bits per heavy atom. The SMILES string of the molecule is COc1cc2c(nc1NC(=O)CC(C)(C)C)C1C(C)C1CN2Cc1cc(C)no1.[HH]. The van der Waals surface area contributed by atoms with E-state index in [2.05, 4.69) is 22.3 Å². The molecule has 158 valence electrons. The van der Waals surface area contributed by atoms with E-state index in [0.29, 0.717) is 42.3 Å². The first-order valence-corrected chi connectivity index (χ1v) is 10.2. The number of rotatable bonds is 5. The van der Waals surface area contributed by atoms with Gasteiger partial charge in [0.2, 0.25) is 5.91 Å². The monoisotopic (exact) mass is 400 g/mol. The van der Waals surface area contributed by atoms with Crippen LogP contribution < -0.4 is 15.0 Å². The summed E-state index contributed by atoms with van der Waals surface area (Å²) in [6.45, 7) is 11.9. The largest absolute Gasteiger partial charge is 0.493 e. The Bertz CT molecular complexity index is 937. The number of aromatic nitrogens is 2. The summed E-state index contributed by atoms with van der Waals surface area (Å²) in [5.74, 6) is 3.46. The number of carbonyl (C=O) groups excluding carboxylic acids is 1. The molecule has 3 unspecified atom stereocenters. The summed E-state index contributed by atoms with van der Waals surface area (Å²) in [6, 6.07) is 3.97. The maximum absolute atomic E-state index is 12.5. The Morgan fingerprint density at radius 3 is 2.79 bits per heavy atom. The zero-order chi connectivity index (χ0) is 20.9. The maximum atomic E-state index is 12.5. The summed E-state index contributed by atoms with van der Waals surface area (Å²) in [6.07, 6.45) is 0.425. The highest BCUT2D eigenvalue weighted by atomic mass is 16.5. The minimum atomic E-state index is -0.0896. The van der Waals surface area contributed by atoms with Crippen molar-refractivity contribution < 1.29 is 15.5 Å². The fourth-order valence-electron chi connectivity index (χ4n) is 4.36. The van der Waals surface area contributed by atoms with Gasteiger partial charge in [0.15, 0.2) is 17.3 Å². The number of hydrogen-bond acceptors (Lipinski definition) is 6. The molecule has 1 saturated carbocycles. The van der Waals surface area contributed by atoms with Crippen molar-refractivity contribution >= 4 is 17.4 Å². The molecule has 1 N–H and O–H groups in total. The number of fused-ring (bicyclic) bond motifs is 3. The number of amides is 1. The fraction of sp³-hybridized carbons (Fsp3) is 0.591. The van der Waals surface area contributed by atoms with Crippen LogP contribution in [0.1, 0.15) is 58.6 Å². The Kier molecular flexibility index (Phi) is 4.79. The lowest BCUT2D eigenvalue weighted by molar-refractivity contribution is -0.117. The van der Waals surface area contributed by atoms with E-state index in [9.17, 15) is 4.79 Å². The zero-order valence-corrected chi connectivity index (χ0v) is 18.1. The number of nitrogens with one attached hydrogen (secondary N) is 1. The lowest BCUT2D eigenvalue weighted by atomic mass is 9.92. The minimum absolute atomic E-state index is 0. The Morgan fingerprint density at radius 1 is 1.41 bits per heavy atom. The lowest BCUT2D eigenvalue weighted by Gasteiger charge is -2.30. The number of nitrogens with zero attached hydrogens (tertiary/aromatic N) is 3. The third-order valence-corrected chi connectivity index (χ3v) is 5.84. The van der Waals surface area contributed by atoms with Crippen molar-refractivity contribution in [1.82, 2.24) is 10.1 Å². The van der Waals surface area contributed by atoms with Gasteiger partial charge in [-0.25, -0.2) is 4.98 Å². The molecule has 3 atom stereocenters. The first-order valence-electron chi connectivity index (χ1n) is 10.2. The van der Waals surface area contributed by atoms with Crippen LogP contribution in [-0.4, -0.2) is 29.7 Å². The molecule has 1 aliphatic carbocycles. The molecule has 7 nitrogen and oxygen atoms in total. The molecule has 0 bridgehead atoms. The average Bonchev–Trinajstić information content (AvgIpc) is 3.07. The van der Waals surface area contributed by atoms with Crippen LogP contribution in [0.25, 0.3) is 0 Å². The number of aryl methyl sites for hydroxylation is 1. The molecule has 0 radical (unpaired) electrons. The van der Waals surface area contributed by atoms with Crippen LogP contribution in [0.15, 0.2) is 16.7 Å². The standard InChI is InChI=1S/C22H30N4O3.H2/c1-12-7-14(29-25-12)10-26-11-15-13(2)19(15)20-16(26)8-17(28-6)21(24-20)23-18(27)9-22(3,4)5;/h7-8,13,15,19H,9-11H2,1-6H3,(H,23,24,27);1H. The molecule has 29 heavy (non-hydrogen) atoms. The van der Waals surface area contributed by atoms with Crippen LogP contribution in [0, 0.1) is 24.2 Å². The second kappa shape index (κ2) is 7.04. The fourth-order valence-corrected chi connectivity index (χ4v) is 4.36. The molecule has 3 heterocycles. The van der Waals surface area contributed by atoms with E-state index in [-0.39, 0.29) is 12.7 Å². The first-order chi connectivity index (χ1) is 13.7. The number of pyridine rings is 1. The molecule has 1 aliphatic heterocycles. The molecular formula is C22H32N4O3. The van der Waals surface area contributed by atoms with Crippen molar-refractivity contribution in [3.05, 3.63) is 29.3 Å². The molecule has 0 aromatic carbocycles. The van der Waals surface area contributed by atoms with Crippen LogP contribution in [0.5, 0.6) is 5.75 Å². The van der Waals surface area contributed by atoms with Crippen molar-refractivity contribution in [2.75, 3.05) is 23.9 Å². The van der Waals surface area contributed by atoms with Crippen molar-refractivity contribution in [1.29, 1.82) is 0 Å². The molecule has 2 aliphatic rings. The highest BCUT2D eigenvalue weighted by Crippen LogP contribution is 2.59. The Hall–Kier alpha value is -2.57. The second-order valence-corrected chi connectivity index (χ2v) is 9.59. The molecule has 2 aromatic heterocycles. The molecule has 4 rings (SSSR count). The third-order valence-electron chi connectivity index (χ3n) is 5.84. The minimum Gasteiger partial charge on any atom is -0.493 e. The van der Waals surface area contributed by atoms with Gasteiger partial charge in [0.05, 0.1) is 30.7 Å². The molecule has 0 spiro atoms. The summed E-state index contributed by atoms with van der Waals surface area (Å²) in [4.78, 5) is 19.7. The summed E-state index contributed by atoms with van der Waals surface area (Å²) < 4.78 is 11.0. The highest BCUT2D eigenvalue weighted by molar-refractivity contribution is 5.92. The van der Waals surface area contributed by atoms with Gasteiger partial charge in [-0.15, -0.1) is 0 Å². The molecular weight excluding hydrogens is 368 g/mol. The lowest BCUT2D eigenvalue weighted by Crippen LogP contribution is -2.30. The Labute approximate surface area is 173 Å². The van der Waals surface area contributed by atoms with E-state index in [1.54, 1.807) is 7.11 Å². The van der Waals surface area contributed by atoms with Crippen molar-refractivity contribution in [3.63, 3.8) is 0 Å². The number of carbonyl (C=O) groups is 1. The average molecular weight is 401 g/mol. The smallest absolute Gasteiger partial charge is 0.226 e. The van der Waals surface area contributed by atoms with Gasteiger partial charge in [0.1, 0.15) is 0 Å². The normalized spacial score (nSPS) is 22.7. The second-order valence-electron chi connectivity index (χ2n) is 9.59. The van der Waals surface area contributed by atoms with E-state index in [1.165, 1.54) is 0 Å². The summed E-state index contributed by atoms with van der Waals surface area (Å²) in [7, 11) is 1.61. The van der Waals surface area contributed by atoms with E-state index in [4.69, 9.17) is 14.2 Å². The summed E-state index contributed by atoms with van der Waals surface area (Å²) in [5.41, 5.74) is 2.88. The van der Waals surface area contributed by atoms with Gasteiger partial charge in [-0.2, -0.15) is 0 Å². The molecule has 1 fully saturated rings. The van der Waals surface area contributed by atoms with Crippen molar-refractivity contribution in [2.45, 2.75) is 53.5 Å². The van der Waals surface area contributed by atoms with Gasteiger partial charge >= 0.3 is 0 Å². The predicted molar refractivity (Wildman–Crippen MR) is 113 cm³/mol. The number of anilines is 2. The van der Waals surface area contributed by atoms with Gasteiger partial charge in [-0.3, -0.25) is 4.79 Å². The van der Waals surface area contributed by atoms with Crippen molar-refractivity contribution in [2.24, 2.45) is 17.3 Å². The predicted octanol–water partition coefficient (Wildman–Crippen LogP) is 4.38. The maximum Gasteiger partial charge on any atom is 0.226 e. The highest BCUT2D eigenvalue weighted by Gasteiger charge is 2.53. The van der Waals surface area contributed by atoms with E-state index in [0.717, 1.165) is 29.4 Å². The van der Waals surface area contributed by atoms with Gasteiger partial charge in [-0.1, -0.05) is 32.9 Å². The van der Waals surface area contributed by atoms with Gasteiger partial charge in [-0.05, 0) is 24.2 Å². The van der Waals surface area contributed by atoms with Gasteiger partial charge in [0.25, 0.3) is 0 Å². The first kappa shape index (κ1) is 19.7. The van der Waals surface area contributed by atoms with Gasteiger partial charge < -0.3 is 19.5 Å². The molecule has 7 heteroatoms. The molecule has 1 amide bonds. The van der Waals surface area contributed by atoms with E-state index >= 15 is 0 Å². The van der Waals surface area contributed by atoms with E-state index in [1.807, 2.05) is 39.8 Å². The quantitative estimate of drug-likeness (QED) is 0.802. The summed E-state index contributed by atoms with van der Waals surface area (Å²) in [5, 5.41) is 6.97. The van der Waals surface area contributed by atoms with Crippen LogP contribution >= 0.6 is 0 Å². The van der Waals surface area contributed by atoms with Crippen LogP contribution in [0.3, 0.4) is 0 Å². The number of hydrogen-bond donors (Lipinski definition) is 1.